The van der Waals surface area contributed by atoms with Crippen LogP contribution >= 0.6 is 0 Å². The summed E-state index contributed by atoms with van der Waals surface area (Å²) in [5, 5.41) is 4.36. The lowest BCUT2D eigenvalue weighted by Gasteiger charge is -2.32. The van der Waals surface area contributed by atoms with E-state index in [-0.39, 0.29) is 17.9 Å². The summed E-state index contributed by atoms with van der Waals surface area (Å²) in [7, 11) is 1.66. The molecule has 2 fully saturated rings. The number of H-pyrrole nitrogens is 1. The van der Waals surface area contributed by atoms with E-state index >= 15 is 0 Å². The molecule has 1 saturated carbocycles. The van der Waals surface area contributed by atoms with Crippen molar-refractivity contribution in [1.82, 2.24) is 15.2 Å². The van der Waals surface area contributed by atoms with E-state index < -0.39 is 0 Å². The SMILES string of the molecule is COc1ccc(-c2[nH]c3ccccc3c2CCC(=O)NC2CCN(C(=O)C3CC3)CC2)cc1. The maximum absolute atomic E-state index is 12.8. The van der Waals surface area contributed by atoms with Gasteiger partial charge in [-0.25, -0.2) is 0 Å². The molecule has 2 aliphatic rings. The van der Waals surface area contributed by atoms with Crippen molar-refractivity contribution in [2.24, 2.45) is 5.92 Å². The smallest absolute Gasteiger partial charge is 0.225 e. The van der Waals surface area contributed by atoms with Gasteiger partial charge in [0.1, 0.15) is 5.75 Å². The second-order valence-corrected chi connectivity index (χ2v) is 9.19. The number of piperidine rings is 1. The van der Waals surface area contributed by atoms with Gasteiger partial charge in [0, 0.05) is 48.1 Å². The number of benzene rings is 2. The molecule has 1 saturated heterocycles. The van der Waals surface area contributed by atoms with Crippen molar-refractivity contribution in [2.45, 2.75) is 44.6 Å². The van der Waals surface area contributed by atoms with Gasteiger partial charge in [-0.3, -0.25) is 9.59 Å². The largest absolute Gasteiger partial charge is 0.497 e. The van der Waals surface area contributed by atoms with Crippen molar-refractivity contribution in [3.63, 3.8) is 0 Å². The van der Waals surface area contributed by atoms with Gasteiger partial charge >= 0.3 is 0 Å². The zero-order chi connectivity index (χ0) is 22.8. The first-order chi connectivity index (χ1) is 16.1. The standard InChI is InChI=1S/C27H31N3O3/c1-33-21-10-8-18(9-11-21)26-23(22-4-2-3-5-24(22)29-26)12-13-25(31)28-20-14-16-30(17-15-20)27(32)19-6-7-19/h2-5,8-11,19-20,29H,6-7,12-17H2,1H3,(H,28,31). The first kappa shape index (κ1) is 21.6. The van der Waals surface area contributed by atoms with Gasteiger partial charge in [0.25, 0.3) is 0 Å². The molecule has 2 aromatic carbocycles. The van der Waals surface area contributed by atoms with Gasteiger partial charge in [0.05, 0.1) is 7.11 Å². The number of ether oxygens (including phenoxy) is 1. The molecule has 3 aromatic rings. The molecular weight excluding hydrogens is 414 g/mol. The van der Waals surface area contributed by atoms with Crippen molar-refractivity contribution < 1.29 is 14.3 Å². The molecule has 1 aromatic heterocycles. The first-order valence-corrected chi connectivity index (χ1v) is 11.9. The quantitative estimate of drug-likeness (QED) is 0.570. The van der Waals surface area contributed by atoms with E-state index in [0.29, 0.717) is 18.7 Å². The van der Waals surface area contributed by atoms with Crippen LogP contribution in [-0.4, -0.2) is 47.9 Å². The van der Waals surface area contributed by atoms with E-state index in [9.17, 15) is 9.59 Å². The Balaban J connectivity index is 1.23. The molecule has 0 radical (unpaired) electrons. The minimum atomic E-state index is 0.0768. The minimum Gasteiger partial charge on any atom is -0.497 e. The molecular formula is C27H31N3O3. The average molecular weight is 446 g/mol. The highest BCUT2D eigenvalue weighted by Gasteiger charge is 2.35. The molecule has 0 unspecified atom stereocenters. The Hall–Kier alpha value is -3.28. The summed E-state index contributed by atoms with van der Waals surface area (Å²) in [4.78, 5) is 30.6. The highest BCUT2D eigenvalue weighted by molar-refractivity contribution is 5.91. The summed E-state index contributed by atoms with van der Waals surface area (Å²) >= 11 is 0. The number of aromatic nitrogens is 1. The third-order valence-electron chi connectivity index (χ3n) is 6.89. The number of nitrogens with zero attached hydrogens (tertiary/aromatic N) is 1. The Morgan fingerprint density at radius 2 is 1.76 bits per heavy atom. The number of fused-ring (bicyclic) bond motifs is 1. The number of likely N-dealkylation sites (tertiary alicyclic amines) is 1. The molecule has 1 aliphatic carbocycles. The monoisotopic (exact) mass is 445 g/mol. The molecule has 2 N–H and O–H groups in total. The van der Waals surface area contributed by atoms with Gasteiger partial charge in [0.2, 0.25) is 11.8 Å². The number of nitrogens with one attached hydrogen (secondary N) is 2. The van der Waals surface area contributed by atoms with Gasteiger partial charge in [-0.2, -0.15) is 0 Å². The third kappa shape index (κ3) is 4.75. The molecule has 33 heavy (non-hydrogen) atoms. The lowest BCUT2D eigenvalue weighted by Crippen LogP contribution is -2.47. The number of hydrogen-bond acceptors (Lipinski definition) is 3. The van der Waals surface area contributed by atoms with Crippen LogP contribution in [0.15, 0.2) is 48.5 Å². The molecule has 6 heteroatoms. The van der Waals surface area contributed by atoms with E-state index in [2.05, 4.69) is 22.4 Å². The van der Waals surface area contributed by atoms with Crippen molar-refractivity contribution in [1.29, 1.82) is 0 Å². The van der Waals surface area contributed by atoms with Crippen LogP contribution in [0.4, 0.5) is 0 Å². The van der Waals surface area contributed by atoms with E-state index in [4.69, 9.17) is 4.74 Å². The second-order valence-electron chi connectivity index (χ2n) is 9.19. The first-order valence-electron chi connectivity index (χ1n) is 11.9. The topological polar surface area (TPSA) is 74.4 Å². The fourth-order valence-electron chi connectivity index (χ4n) is 4.83. The normalized spacial score (nSPS) is 16.7. The molecule has 6 nitrogen and oxygen atoms in total. The molecule has 1 aliphatic heterocycles. The Bertz CT molecular complexity index is 1140. The molecule has 0 atom stereocenters. The van der Waals surface area contributed by atoms with Crippen molar-refractivity contribution in [3.8, 4) is 17.0 Å². The van der Waals surface area contributed by atoms with E-state index in [1.807, 2.05) is 41.3 Å². The van der Waals surface area contributed by atoms with Gasteiger partial charge < -0.3 is 19.9 Å². The number of amides is 2. The Morgan fingerprint density at radius 1 is 1.03 bits per heavy atom. The average Bonchev–Trinajstić information content (AvgIpc) is 3.64. The number of aryl methyl sites for hydroxylation is 1. The Labute approximate surface area is 194 Å². The summed E-state index contributed by atoms with van der Waals surface area (Å²) in [5.41, 5.74) is 4.37. The summed E-state index contributed by atoms with van der Waals surface area (Å²) in [5.74, 6) is 1.48. The molecule has 2 amide bonds. The number of methoxy groups -OCH3 is 1. The highest BCUT2D eigenvalue weighted by atomic mass is 16.5. The lowest BCUT2D eigenvalue weighted by atomic mass is 10.00. The molecule has 5 rings (SSSR count). The Kier molecular flexibility index (Phi) is 6.07. The van der Waals surface area contributed by atoms with Crippen LogP contribution in [0.2, 0.25) is 0 Å². The van der Waals surface area contributed by atoms with Crippen LogP contribution in [0.5, 0.6) is 5.75 Å². The number of carbonyl (C=O) groups excluding carboxylic acids is 2. The molecule has 2 heterocycles. The number of aromatic amines is 1. The number of carbonyl (C=O) groups is 2. The fourth-order valence-corrected chi connectivity index (χ4v) is 4.83. The maximum atomic E-state index is 12.8. The van der Waals surface area contributed by atoms with Gasteiger partial charge in [-0.05, 0) is 73.6 Å². The van der Waals surface area contributed by atoms with Crippen LogP contribution < -0.4 is 10.1 Å². The number of para-hydroxylation sites is 1. The number of hydrogen-bond donors (Lipinski definition) is 2. The zero-order valence-corrected chi connectivity index (χ0v) is 19.1. The highest BCUT2D eigenvalue weighted by Crippen LogP contribution is 2.33. The van der Waals surface area contributed by atoms with E-state index in [1.165, 1.54) is 0 Å². The zero-order valence-electron chi connectivity index (χ0n) is 19.1. The molecule has 0 spiro atoms. The summed E-state index contributed by atoms with van der Waals surface area (Å²) < 4.78 is 5.29. The van der Waals surface area contributed by atoms with Crippen molar-refractivity contribution >= 4 is 22.7 Å². The van der Waals surface area contributed by atoms with Crippen LogP contribution in [0.25, 0.3) is 22.2 Å². The number of rotatable bonds is 7. The lowest BCUT2D eigenvalue weighted by molar-refractivity contribution is -0.133. The van der Waals surface area contributed by atoms with Crippen LogP contribution in [0.1, 0.15) is 37.7 Å². The van der Waals surface area contributed by atoms with Crippen LogP contribution in [0, 0.1) is 5.92 Å². The maximum Gasteiger partial charge on any atom is 0.225 e. The van der Waals surface area contributed by atoms with Gasteiger partial charge in [0.15, 0.2) is 0 Å². The van der Waals surface area contributed by atoms with Crippen LogP contribution in [0.3, 0.4) is 0 Å². The predicted octanol–water partition coefficient (Wildman–Crippen LogP) is 4.29. The van der Waals surface area contributed by atoms with Crippen LogP contribution in [-0.2, 0) is 16.0 Å². The Morgan fingerprint density at radius 3 is 2.45 bits per heavy atom. The van der Waals surface area contributed by atoms with E-state index in [1.54, 1.807) is 7.11 Å². The summed E-state index contributed by atoms with van der Waals surface area (Å²) in [6.45, 7) is 1.51. The van der Waals surface area contributed by atoms with Crippen molar-refractivity contribution in [3.05, 3.63) is 54.1 Å². The van der Waals surface area contributed by atoms with E-state index in [0.717, 1.165) is 72.2 Å². The van der Waals surface area contributed by atoms with Gasteiger partial charge in [-0.1, -0.05) is 18.2 Å². The molecule has 0 bridgehead atoms. The summed E-state index contributed by atoms with van der Waals surface area (Å²) in [6.07, 6.45) is 4.87. The van der Waals surface area contributed by atoms with Gasteiger partial charge in [-0.15, -0.1) is 0 Å². The minimum absolute atomic E-state index is 0.0768. The fraction of sp³-hybridized carbons (Fsp3) is 0.407. The predicted molar refractivity (Wildman–Crippen MR) is 129 cm³/mol. The second kappa shape index (κ2) is 9.30. The molecule has 172 valence electrons. The summed E-state index contributed by atoms with van der Waals surface area (Å²) in [6, 6.07) is 16.4. The van der Waals surface area contributed by atoms with Crippen molar-refractivity contribution in [2.75, 3.05) is 20.2 Å². The third-order valence-corrected chi connectivity index (χ3v) is 6.89.